The Bertz CT molecular complexity index is 355. The summed E-state index contributed by atoms with van der Waals surface area (Å²) in [5.41, 5.74) is 2.34. The van der Waals surface area contributed by atoms with E-state index >= 15 is 0 Å². The van der Waals surface area contributed by atoms with Gasteiger partial charge >= 0.3 is 0 Å². The molecule has 0 spiro atoms. The first-order valence-corrected chi connectivity index (χ1v) is 6.27. The van der Waals surface area contributed by atoms with Gasteiger partial charge in [-0.15, -0.1) is 0 Å². The Morgan fingerprint density at radius 2 is 1.63 bits per heavy atom. The second kappa shape index (κ2) is 8.10. The molecule has 0 bridgehead atoms. The van der Waals surface area contributed by atoms with Gasteiger partial charge in [-0.05, 0) is 12.5 Å². The van der Waals surface area contributed by atoms with Gasteiger partial charge in [0.15, 0.2) is 0 Å². The van der Waals surface area contributed by atoms with E-state index in [4.69, 9.17) is 14.2 Å². The van der Waals surface area contributed by atoms with Crippen molar-refractivity contribution >= 4 is 5.57 Å². The standard InChI is InChI=1S/C9H10.C6H10O3.CH4/c1-8(2)9-6-4-3-5-7-9;1(5-3-8-5)7-2-6-4-9-6;/h3-7H,1H2,2H3;5-6H,1-4H2;1H4. The zero-order valence-corrected chi connectivity index (χ0v) is 10.8. The molecule has 3 rings (SSSR count). The topological polar surface area (TPSA) is 34.3 Å². The van der Waals surface area contributed by atoms with Crippen molar-refractivity contribution in [2.75, 3.05) is 26.4 Å². The Morgan fingerprint density at radius 1 is 1.16 bits per heavy atom. The molecule has 2 unspecified atom stereocenters. The lowest BCUT2D eigenvalue weighted by Crippen LogP contribution is -2.06. The van der Waals surface area contributed by atoms with E-state index < -0.39 is 0 Å². The minimum atomic E-state index is 0. The molecule has 1 aromatic rings. The second-order valence-corrected chi connectivity index (χ2v) is 4.59. The van der Waals surface area contributed by atoms with Crippen molar-refractivity contribution in [3.8, 4) is 0 Å². The third-order valence-corrected chi connectivity index (χ3v) is 2.68. The van der Waals surface area contributed by atoms with Crippen molar-refractivity contribution in [2.24, 2.45) is 0 Å². The Kier molecular flexibility index (Phi) is 6.78. The SMILES string of the molecule is C.C(OCC1CO1)C1CO1.C=C(C)c1ccccc1. The summed E-state index contributed by atoms with van der Waals surface area (Å²) in [5, 5.41) is 0. The summed E-state index contributed by atoms with van der Waals surface area (Å²) in [6.07, 6.45) is 0.785. The highest BCUT2D eigenvalue weighted by molar-refractivity contribution is 5.60. The van der Waals surface area contributed by atoms with Gasteiger partial charge in [-0.25, -0.2) is 0 Å². The number of hydrogen-bond donors (Lipinski definition) is 0. The Morgan fingerprint density at radius 3 is 1.95 bits per heavy atom. The van der Waals surface area contributed by atoms with Gasteiger partial charge in [0.25, 0.3) is 0 Å². The van der Waals surface area contributed by atoms with Crippen molar-refractivity contribution in [3.63, 3.8) is 0 Å². The Balaban J connectivity index is 0.000000180. The van der Waals surface area contributed by atoms with Crippen LogP contribution in [0.25, 0.3) is 5.57 Å². The van der Waals surface area contributed by atoms with Crippen molar-refractivity contribution in [1.82, 2.24) is 0 Å². The molecule has 2 atom stereocenters. The molecule has 2 aliphatic rings. The maximum atomic E-state index is 5.23. The molecule has 2 saturated heterocycles. The van der Waals surface area contributed by atoms with Gasteiger partial charge in [-0.3, -0.25) is 0 Å². The van der Waals surface area contributed by atoms with E-state index in [2.05, 4.69) is 18.7 Å². The van der Waals surface area contributed by atoms with Crippen LogP contribution in [-0.2, 0) is 14.2 Å². The molecule has 2 fully saturated rings. The van der Waals surface area contributed by atoms with Gasteiger partial charge in [-0.1, -0.05) is 49.9 Å². The van der Waals surface area contributed by atoms with E-state index in [1.807, 2.05) is 25.1 Å². The van der Waals surface area contributed by atoms with Gasteiger partial charge in [-0.2, -0.15) is 0 Å². The van der Waals surface area contributed by atoms with Crippen LogP contribution in [0.5, 0.6) is 0 Å². The van der Waals surface area contributed by atoms with Crippen LogP contribution >= 0.6 is 0 Å². The molecule has 0 radical (unpaired) electrons. The van der Waals surface area contributed by atoms with Crippen LogP contribution in [0.1, 0.15) is 19.9 Å². The maximum absolute atomic E-state index is 5.23. The summed E-state index contributed by atoms with van der Waals surface area (Å²) >= 11 is 0. The number of benzene rings is 1. The van der Waals surface area contributed by atoms with Crippen molar-refractivity contribution in [3.05, 3.63) is 42.5 Å². The summed E-state index contributed by atoms with van der Waals surface area (Å²) in [6.45, 7) is 9.10. The first kappa shape index (κ1) is 15.9. The molecule has 0 amide bonds. The molecule has 0 aliphatic carbocycles. The number of allylic oxidation sites excluding steroid dienone is 1. The van der Waals surface area contributed by atoms with Crippen LogP contribution in [0.3, 0.4) is 0 Å². The first-order chi connectivity index (χ1) is 8.75. The summed E-state index contributed by atoms with van der Waals surface area (Å²) in [7, 11) is 0. The van der Waals surface area contributed by atoms with Gasteiger partial charge in [0, 0.05) is 0 Å². The zero-order chi connectivity index (χ0) is 12.8. The fourth-order valence-electron chi connectivity index (χ4n) is 1.38. The molecule has 19 heavy (non-hydrogen) atoms. The second-order valence-electron chi connectivity index (χ2n) is 4.59. The van der Waals surface area contributed by atoms with Gasteiger partial charge in [0.05, 0.1) is 26.4 Å². The van der Waals surface area contributed by atoms with Crippen LogP contribution in [-0.4, -0.2) is 38.6 Å². The fraction of sp³-hybridized carbons (Fsp3) is 0.500. The molecular formula is C16H24O3. The van der Waals surface area contributed by atoms with E-state index in [1.54, 1.807) is 0 Å². The molecule has 2 heterocycles. The van der Waals surface area contributed by atoms with E-state index in [0.717, 1.165) is 32.0 Å². The average molecular weight is 264 g/mol. The number of ether oxygens (including phenoxy) is 3. The van der Waals surface area contributed by atoms with Crippen molar-refractivity contribution in [2.45, 2.75) is 26.6 Å². The fourth-order valence-corrected chi connectivity index (χ4v) is 1.38. The number of hydrogen-bond acceptors (Lipinski definition) is 3. The molecule has 0 aromatic heterocycles. The molecular weight excluding hydrogens is 240 g/mol. The Hall–Kier alpha value is -1.16. The molecule has 3 nitrogen and oxygen atoms in total. The predicted molar refractivity (Wildman–Crippen MR) is 78.2 cm³/mol. The monoisotopic (exact) mass is 264 g/mol. The van der Waals surface area contributed by atoms with Crippen LogP contribution in [0.4, 0.5) is 0 Å². The normalized spacial score (nSPS) is 22.6. The van der Waals surface area contributed by atoms with Crippen LogP contribution in [0.15, 0.2) is 36.9 Å². The highest BCUT2D eigenvalue weighted by Crippen LogP contribution is 2.12. The smallest absolute Gasteiger partial charge is 0.104 e. The highest BCUT2D eigenvalue weighted by atomic mass is 16.6. The van der Waals surface area contributed by atoms with Crippen LogP contribution in [0, 0.1) is 0 Å². The van der Waals surface area contributed by atoms with E-state index in [-0.39, 0.29) is 7.43 Å². The van der Waals surface area contributed by atoms with Gasteiger partial charge < -0.3 is 14.2 Å². The summed E-state index contributed by atoms with van der Waals surface area (Å²) in [4.78, 5) is 0. The Labute approximate surface area is 116 Å². The minimum absolute atomic E-state index is 0. The molecule has 106 valence electrons. The largest absolute Gasteiger partial charge is 0.376 e. The highest BCUT2D eigenvalue weighted by Gasteiger charge is 2.26. The van der Waals surface area contributed by atoms with E-state index in [9.17, 15) is 0 Å². The first-order valence-electron chi connectivity index (χ1n) is 6.27. The molecule has 0 N–H and O–H groups in total. The van der Waals surface area contributed by atoms with E-state index in [1.165, 1.54) is 5.56 Å². The summed E-state index contributed by atoms with van der Waals surface area (Å²) in [6, 6.07) is 10.2. The van der Waals surface area contributed by atoms with Gasteiger partial charge in [0.1, 0.15) is 12.2 Å². The molecule has 0 saturated carbocycles. The van der Waals surface area contributed by atoms with E-state index in [0.29, 0.717) is 12.2 Å². The third kappa shape index (κ3) is 7.11. The van der Waals surface area contributed by atoms with Crippen molar-refractivity contribution < 1.29 is 14.2 Å². The van der Waals surface area contributed by atoms with Crippen LogP contribution in [0.2, 0.25) is 0 Å². The minimum Gasteiger partial charge on any atom is -0.376 e. The summed E-state index contributed by atoms with van der Waals surface area (Å²) < 4.78 is 15.1. The molecule has 3 heteroatoms. The average Bonchev–Trinajstić information content (AvgIpc) is 3.26. The van der Waals surface area contributed by atoms with Crippen LogP contribution < -0.4 is 0 Å². The number of epoxide rings is 2. The number of rotatable bonds is 5. The maximum Gasteiger partial charge on any atom is 0.104 e. The third-order valence-electron chi connectivity index (χ3n) is 2.68. The van der Waals surface area contributed by atoms with Crippen molar-refractivity contribution in [1.29, 1.82) is 0 Å². The predicted octanol–water partition coefficient (Wildman–Crippen LogP) is 3.16. The molecule has 1 aromatic carbocycles. The summed E-state index contributed by atoms with van der Waals surface area (Å²) in [5.74, 6) is 0. The zero-order valence-electron chi connectivity index (χ0n) is 10.8. The lowest BCUT2D eigenvalue weighted by Gasteiger charge is -1.95. The lowest BCUT2D eigenvalue weighted by molar-refractivity contribution is 0.102. The lowest BCUT2D eigenvalue weighted by atomic mass is 10.1. The van der Waals surface area contributed by atoms with Gasteiger partial charge in [0.2, 0.25) is 0 Å². The molecule has 2 aliphatic heterocycles. The quantitative estimate of drug-likeness (QED) is 0.766.